The summed E-state index contributed by atoms with van der Waals surface area (Å²) in [6, 6.07) is 1.16. The van der Waals surface area contributed by atoms with Crippen LogP contribution in [0.1, 0.15) is 19.8 Å². The number of carbonyl (C=O) groups excluding carboxylic acids is 1. The molecule has 0 aromatic rings. The first-order valence-electron chi connectivity index (χ1n) is 5.56. The van der Waals surface area contributed by atoms with E-state index in [9.17, 15) is 4.79 Å². The maximum absolute atomic E-state index is 10.8. The largest absolute Gasteiger partial charge is 0.418 e. The van der Waals surface area contributed by atoms with Crippen LogP contribution in [0.25, 0.3) is 0 Å². The van der Waals surface area contributed by atoms with Crippen LogP contribution in [0.15, 0.2) is 12.7 Å². The van der Waals surface area contributed by atoms with Crippen LogP contribution in [0.2, 0.25) is 19.1 Å². The third-order valence-corrected chi connectivity index (χ3v) is 4.85. The van der Waals surface area contributed by atoms with E-state index in [-0.39, 0.29) is 5.91 Å². The molecule has 0 atom stereocenters. The van der Waals surface area contributed by atoms with E-state index in [2.05, 4.69) is 25.0 Å². The Morgan fingerprint density at radius 1 is 1.47 bits per heavy atom. The first kappa shape index (κ1) is 14.4. The number of rotatable bonds is 8. The maximum atomic E-state index is 10.8. The van der Waals surface area contributed by atoms with Crippen LogP contribution in [0.4, 0.5) is 0 Å². The minimum Gasteiger partial charge on any atom is -0.418 e. The minimum atomic E-state index is -1.42. The van der Waals surface area contributed by atoms with Gasteiger partial charge >= 0.3 is 0 Å². The van der Waals surface area contributed by atoms with Gasteiger partial charge in [0.2, 0.25) is 5.91 Å². The minimum absolute atomic E-state index is 0.0867. The molecule has 0 spiro atoms. The number of hydrogen-bond acceptors (Lipinski definition) is 2. The van der Waals surface area contributed by atoms with Crippen molar-refractivity contribution in [2.75, 3.05) is 13.2 Å². The molecular weight excluding hydrogens is 206 g/mol. The first-order valence-corrected chi connectivity index (χ1v) is 8.67. The zero-order valence-electron chi connectivity index (χ0n) is 10.1. The van der Waals surface area contributed by atoms with Crippen molar-refractivity contribution < 1.29 is 9.22 Å². The molecule has 4 heteroatoms. The van der Waals surface area contributed by atoms with E-state index < -0.39 is 8.32 Å². The summed E-state index contributed by atoms with van der Waals surface area (Å²) in [6.07, 6.45) is 3.44. The fourth-order valence-corrected chi connectivity index (χ4v) is 3.45. The summed E-state index contributed by atoms with van der Waals surface area (Å²) in [5.74, 6) is -0.0867. The molecule has 0 rings (SSSR count). The summed E-state index contributed by atoms with van der Waals surface area (Å²) < 4.78 is 5.71. The fraction of sp³-hybridized carbons (Fsp3) is 0.727. The van der Waals surface area contributed by atoms with Crippen LogP contribution >= 0.6 is 0 Å². The number of amides is 1. The Labute approximate surface area is 94.0 Å². The average Bonchev–Trinajstić information content (AvgIpc) is 2.16. The molecule has 15 heavy (non-hydrogen) atoms. The van der Waals surface area contributed by atoms with Crippen molar-refractivity contribution in [2.45, 2.75) is 38.9 Å². The van der Waals surface area contributed by atoms with Crippen molar-refractivity contribution in [3.05, 3.63) is 12.7 Å². The third-order valence-electron chi connectivity index (χ3n) is 2.23. The van der Waals surface area contributed by atoms with Crippen LogP contribution in [-0.4, -0.2) is 27.4 Å². The normalized spacial score (nSPS) is 11.1. The highest BCUT2D eigenvalue weighted by Gasteiger charge is 2.20. The Balaban J connectivity index is 3.45. The second-order valence-corrected chi connectivity index (χ2v) is 8.45. The van der Waals surface area contributed by atoms with Crippen molar-refractivity contribution >= 4 is 14.2 Å². The van der Waals surface area contributed by atoms with Gasteiger partial charge in [0.25, 0.3) is 0 Å². The maximum Gasteiger partial charge on any atom is 0.243 e. The lowest BCUT2D eigenvalue weighted by Gasteiger charge is -2.21. The molecule has 0 aliphatic carbocycles. The van der Waals surface area contributed by atoms with Gasteiger partial charge in [-0.2, -0.15) is 0 Å². The van der Waals surface area contributed by atoms with Gasteiger partial charge in [0.05, 0.1) is 0 Å². The SMILES string of the molecule is C=CC(=O)NCCCC[Si](C)(C)OCC. The molecule has 0 aliphatic heterocycles. The lowest BCUT2D eigenvalue weighted by Crippen LogP contribution is -2.30. The molecule has 0 fully saturated rings. The predicted molar refractivity (Wildman–Crippen MR) is 66.4 cm³/mol. The van der Waals surface area contributed by atoms with E-state index in [1.165, 1.54) is 6.08 Å². The van der Waals surface area contributed by atoms with Gasteiger partial charge < -0.3 is 9.74 Å². The standard InChI is InChI=1S/C11H23NO2Si/c1-5-11(13)12-9-7-8-10-15(3,4)14-6-2/h5H,1,6-10H2,2-4H3,(H,12,13). The van der Waals surface area contributed by atoms with Crippen LogP contribution < -0.4 is 5.32 Å². The highest BCUT2D eigenvalue weighted by molar-refractivity contribution is 6.71. The molecule has 0 saturated heterocycles. The summed E-state index contributed by atoms with van der Waals surface area (Å²) in [5.41, 5.74) is 0. The van der Waals surface area contributed by atoms with Gasteiger partial charge in [0.1, 0.15) is 0 Å². The molecule has 0 aromatic heterocycles. The summed E-state index contributed by atoms with van der Waals surface area (Å²) in [6.45, 7) is 11.5. The Morgan fingerprint density at radius 3 is 2.67 bits per heavy atom. The highest BCUT2D eigenvalue weighted by atomic mass is 28.4. The van der Waals surface area contributed by atoms with Gasteiger partial charge in [-0.1, -0.05) is 13.0 Å². The van der Waals surface area contributed by atoms with E-state index in [1.807, 2.05) is 6.92 Å². The van der Waals surface area contributed by atoms with Crippen molar-refractivity contribution in [2.24, 2.45) is 0 Å². The second kappa shape index (κ2) is 7.65. The summed E-state index contributed by atoms with van der Waals surface area (Å²) in [5, 5.41) is 2.77. The van der Waals surface area contributed by atoms with Gasteiger partial charge in [-0.15, -0.1) is 0 Å². The first-order chi connectivity index (χ1) is 7.02. The molecule has 88 valence electrons. The lowest BCUT2D eigenvalue weighted by molar-refractivity contribution is -0.116. The van der Waals surface area contributed by atoms with Crippen molar-refractivity contribution in [1.82, 2.24) is 5.32 Å². The predicted octanol–water partition coefficient (Wildman–Crippen LogP) is 2.31. The molecule has 0 unspecified atom stereocenters. The second-order valence-electron chi connectivity index (χ2n) is 4.14. The van der Waals surface area contributed by atoms with Gasteiger partial charge in [-0.3, -0.25) is 4.79 Å². The van der Waals surface area contributed by atoms with Crippen LogP contribution in [0.3, 0.4) is 0 Å². The molecule has 0 aliphatic rings. The van der Waals surface area contributed by atoms with Crippen molar-refractivity contribution in [3.63, 3.8) is 0 Å². The van der Waals surface area contributed by atoms with E-state index in [4.69, 9.17) is 4.43 Å². The third kappa shape index (κ3) is 8.39. The Hall–Kier alpha value is -0.613. The molecule has 0 heterocycles. The van der Waals surface area contributed by atoms with Crippen LogP contribution in [-0.2, 0) is 9.22 Å². The summed E-state index contributed by atoms with van der Waals surface area (Å²) in [7, 11) is -1.42. The highest BCUT2D eigenvalue weighted by Crippen LogP contribution is 2.14. The summed E-state index contributed by atoms with van der Waals surface area (Å²) in [4.78, 5) is 10.8. The van der Waals surface area contributed by atoms with Gasteiger partial charge in [0.15, 0.2) is 8.32 Å². The Kier molecular flexibility index (Phi) is 7.34. The molecular formula is C11H23NO2Si. The number of nitrogens with one attached hydrogen (secondary N) is 1. The molecule has 0 saturated carbocycles. The Morgan fingerprint density at radius 2 is 2.13 bits per heavy atom. The zero-order chi connectivity index (χ0) is 11.7. The van der Waals surface area contributed by atoms with Gasteiger partial charge in [-0.05, 0) is 38.6 Å². The number of hydrogen-bond donors (Lipinski definition) is 1. The number of unbranched alkanes of at least 4 members (excludes halogenated alkanes) is 1. The lowest BCUT2D eigenvalue weighted by atomic mass is 10.3. The van der Waals surface area contributed by atoms with Gasteiger partial charge in [0, 0.05) is 13.2 Å². The van der Waals surface area contributed by atoms with E-state index in [0.717, 1.165) is 32.0 Å². The molecule has 0 bridgehead atoms. The van der Waals surface area contributed by atoms with E-state index in [1.54, 1.807) is 0 Å². The van der Waals surface area contributed by atoms with Crippen LogP contribution in [0, 0.1) is 0 Å². The topological polar surface area (TPSA) is 38.3 Å². The fourth-order valence-electron chi connectivity index (χ4n) is 1.42. The van der Waals surface area contributed by atoms with Crippen molar-refractivity contribution in [3.8, 4) is 0 Å². The van der Waals surface area contributed by atoms with E-state index >= 15 is 0 Å². The zero-order valence-corrected chi connectivity index (χ0v) is 11.1. The molecule has 0 aromatic carbocycles. The average molecular weight is 229 g/mol. The smallest absolute Gasteiger partial charge is 0.243 e. The van der Waals surface area contributed by atoms with Crippen molar-refractivity contribution in [1.29, 1.82) is 0 Å². The quantitative estimate of drug-likeness (QED) is 0.394. The Bertz CT molecular complexity index is 205. The van der Waals surface area contributed by atoms with E-state index in [0.29, 0.717) is 0 Å². The molecule has 0 radical (unpaired) electrons. The summed E-state index contributed by atoms with van der Waals surface area (Å²) >= 11 is 0. The monoisotopic (exact) mass is 229 g/mol. The van der Waals surface area contributed by atoms with Gasteiger partial charge in [-0.25, -0.2) is 0 Å². The molecule has 1 amide bonds. The van der Waals surface area contributed by atoms with Crippen LogP contribution in [0.5, 0.6) is 0 Å². The molecule has 1 N–H and O–H groups in total. The molecule has 3 nitrogen and oxygen atoms in total. The number of carbonyl (C=O) groups is 1.